The zero-order chi connectivity index (χ0) is 19.9. The maximum atomic E-state index is 11.6. The van der Waals surface area contributed by atoms with Gasteiger partial charge in [-0.25, -0.2) is 9.97 Å². The summed E-state index contributed by atoms with van der Waals surface area (Å²) in [6.45, 7) is 5.01. The summed E-state index contributed by atoms with van der Waals surface area (Å²) in [4.78, 5) is 32.9. The molecule has 0 atom stereocenters. The van der Waals surface area contributed by atoms with Crippen molar-refractivity contribution < 1.29 is 9.72 Å². The molecule has 0 bridgehead atoms. The van der Waals surface area contributed by atoms with E-state index in [0.29, 0.717) is 17.8 Å². The maximum Gasteiger partial charge on any atom is 0.353 e. The van der Waals surface area contributed by atoms with Crippen LogP contribution in [0.3, 0.4) is 0 Å². The molecule has 2 N–H and O–H groups in total. The van der Waals surface area contributed by atoms with Crippen LogP contribution in [0.1, 0.15) is 36.5 Å². The Hall–Kier alpha value is -3.07. The first-order valence-corrected chi connectivity index (χ1v) is 9.38. The number of carbonyl (C=O) groups is 1. The van der Waals surface area contributed by atoms with Crippen molar-refractivity contribution >= 4 is 28.8 Å². The van der Waals surface area contributed by atoms with Gasteiger partial charge >= 0.3 is 5.69 Å². The third-order valence-corrected chi connectivity index (χ3v) is 4.73. The minimum Gasteiger partial charge on any atom is -0.363 e. The molecule has 0 aliphatic carbocycles. The van der Waals surface area contributed by atoms with Crippen LogP contribution in [-0.2, 0) is 0 Å². The number of ketones is 1. The number of carbonyl (C=O) groups excluding carboxylic acids is 1. The molecule has 9 nitrogen and oxygen atoms in total. The lowest BCUT2D eigenvalue weighted by molar-refractivity contribution is -0.383. The molecule has 3 rings (SSSR count). The lowest BCUT2D eigenvalue weighted by Gasteiger charge is -2.26. The fourth-order valence-corrected chi connectivity index (χ4v) is 3.21. The van der Waals surface area contributed by atoms with Crippen molar-refractivity contribution in [2.75, 3.05) is 36.8 Å². The van der Waals surface area contributed by atoms with Crippen LogP contribution in [0.25, 0.3) is 0 Å². The molecule has 2 heterocycles. The van der Waals surface area contributed by atoms with Crippen molar-refractivity contribution in [1.29, 1.82) is 0 Å². The third kappa shape index (κ3) is 5.01. The van der Waals surface area contributed by atoms with E-state index in [2.05, 4.69) is 25.5 Å². The quantitative estimate of drug-likeness (QED) is 0.405. The van der Waals surface area contributed by atoms with Crippen molar-refractivity contribution in [3.63, 3.8) is 0 Å². The van der Waals surface area contributed by atoms with Crippen LogP contribution in [0.5, 0.6) is 0 Å². The summed E-state index contributed by atoms with van der Waals surface area (Å²) >= 11 is 0. The molecule has 28 heavy (non-hydrogen) atoms. The Morgan fingerprint density at radius 3 is 2.46 bits per heavy atom. The molecule has 0 spiro atoms. The summed E-state index contributed by atoms with van der Waals surface area (Å²) in [6.07, 6.45) is 4.96. The molecule has 0 radical (unpaired) electrons. The predicted molar refractivity (Wildman–Crippen MR) is 107 cm³/mol. The van der Waals surface area contributed by atoms with Gasteiger partial charge in [0, 0.05) is 24.3 Å². The van der Waals surface area contributed by atoms with Gasteiger partial charge in [0.15, 0.2) is 5.78 Å². The number of likely N-dealkylation sites (tertiary alicyclic amines) is 1. The first-order chi connectivity index (χ1) is 13.5. The maximum absolute atomic E-state index is 11.6. The molecule has 1 aliphatic rings. The van der Waals surface area contributed by atoms with Gasteiger partial charge in [-0.3, -0.25) is 14.9 Å². The van der Waals surface area contributed by atoms with E-state index in [4.69, 9.17) is 0 Å². The number of hydrogen-bond acceptors (Lipinski definition) is 8. The Kier molecular flexibility index (Phi) is 6.49. The number of hydrogen-bond donors (Lipinski definition) is 2. The Morgan fingerprint density at radius 1 is 1.14 bits per heavy atom. The van der Waals surface area contributed by atoms with Crippen LogP contribution in [0, 0.1) is 10.1 Å². The summed E-state index contributed by atoms with van der Waals surface area (Å²) < 4.78 is 0. The van der Waals surface area contributed by atoms with Crippen LogP contribution in [0.4, 0.5) is 23.0 Å². The van der Waals surface area contributed by atoms with Crippen molar-refractivity contribution in [2.24, 2.45) is 0 Å². The largest absolute Gasteiger partial charge is 0.363 e. The molecular formula is C19H24N6O3. The molecule has 1 aromatic heterocycles. The third-order valence-electron chi connectivity index (χ3n) is 4.73. The second kappa shape index (κ2) is 9.23. The number of piperidine rings is 1. The van der Waals surface area contributed by atoms with Gasteiger partial charge in [-0.1, -0.05) is 6.42 Å². The Balaban J connectivity index is 1.71. The van der Waals surface area contributed by atoms with Crippen LogP contribution in [-0.4, -0.2) is 51.8 Å². The Labute approximate surface area is 163 Å². The van der Waals surface area contributed by atoms with E-state index in [1.165, 1.54) is 32.5 Å². The number of Topliss-reactive ketones (excluding diaryl/α,β-unsaturated/α-hetero) is 1. The summed E-state index contributed by atoms with van der Waals surface area (Å²) in [7, 11) is 0. The summed E-state index contributed by atoms with van der Waals surface area (Å²) in [5.74, 6) is 0.260. The molecule has 9 heteroatoms. The topological polar surface area (TPSA) is 113 Å². The number of nitrogens with one attached hydrogen (secondary N) is 2. The molecule has 0 amide bonds. The van der Waals surface area contributed by atoms with E-state index in [1.807, 2.05) is 0 Å². The van der Waals surface area contributed by atoms with Gasteiger partial charge in [-0.15, -0.1) is 0 Å². The Morgan fingerprint density at radius 2 is 1.82 bits per heavy atom. The van der Waals surface area contributed by atoms with Crippen molar-refractivity contribution in [3.05, 3.63) is 46.3 Å². The van der Waals surface area contributed by atoms with E-state index in [-0.39, 0.29) is 23.1 Å². The number of benzene rings is 1. The lowest BCUT2D eigenvalue weighted by atomic mass is 10.1. The monoisotopic (exact) mass is 384 g/mol. The van der Waals surface area contributed by atoms with Crippen LogP contribution >= 0.6 is 0 Å². The van der Waals surface area contributed by atoms with Crippen molar-refractivity contribution in [1.82, 2.24) is 14.9 Å². The second-order valence-electron chi connectivity index (χ2n) is 6.76. The average Bonchev–Trinajstić information content (AvgIpc) is 2.69. The van der Waals surface area contributed by atoms with Crippen molar-refractivity contribution in [3.8, 4) is 0 Å². The predicted octanol–water partition coefficient (Wildman–Crippen LogP) is 3.23. The first-order valence-electron chi connectivity index (χ1n) is 9.38. The fraction of sp³-hybridized carbons (Fsp3) is 0.421. The number of aromatic nitrogens is 2. The molecular weight excluding hydrogens is 360 g/mol. The molecule has 1 fully saturated rings. The van der Waals surface area contributed by atoms with Gasteiger partial charge in [0.1, 0.15) is 6.33 Å². The average molecular weight is 384 g/mol. The van der Waals surface area contributed by atoms with Gasteiger partial charge in [0.05, 0.1) is 4.92 Å². The summed E-state index contributed by atoms with van der Waals surface area (Å²) in [6, 6.07) is 6.70. The SMILES string of the molecule is CC(=O)c1ccc(Nc2ncnc(NCCN3CCCCC3)c2[N+](=O)[O-])cc1. The lowest BCUT2D eigenvalue weighted by Crippen LogP contribution is -2.33. The number of rotatable bonds is 8. The molecule has 2 aromatic rings. The molecule has 1 saturated heterocycles. The van der Waals surface area contributed by atoms with Gasteiger partial charge in [-0.2, -0.15) is 0 Å². The second-order valence-corrected chi connectivity index (χ2v) is 6.76. The van der Waals surface area contributed by atoms with Crippen LogP contribution < -0.4 is 10.6 Å². The normalized spacial score (nSPS) is 14.5. The van der Waals surface area contributed by atoms with Crippen LogP contribution in [0.15, 0.2) is 30.6 Å². The number of nitro groups is 1. The minimum atomic E-state index is -0.491. The zero-order valence-electron chi connectivity index (χ0n) is 15.9. The highest BCUT2D eigenvalue weighted by atomic mass is 16.6. The molecule has 1 aliphatic heterocycles. The zero-order valence-corrected chi connectivity index (χ0v) is 15.9. The molecule has 1 aromatic carbocycles. The highest BCUT2D eigenvalue weighted by Gasteiger charge is 2.23. The first kappa shape index (κ1) is 19.7. The summed E-state index contributed by atoms with van der Waals surface area (Å²) in [5, 5.41) is 17.7. The highest BCUT2D eigenvalue weighted by Crippen LogP contribution is 2.31. The smallest absolute Gasteiger partial charge is 0.353 e. The van der Waals surface area contributed by atoms with E-state index in [9.17, 15) is 14.9 Å². The standard InChI is InChI=1S/C19H24N6O3/c1-14(26)15-5-7-16(8-6-15)23-19-17(25(27)28)18(21-13-22-19)20-9-12-24-10-3-2-4-11-24/h5-8,13H,2-4,9-12H2,1H3,(H2,20,21,22,23). The molecule has 148 valence electrons. The van der Waals surface area contributed by atoms with E-state index >= 15 is 0 Å². The minimum absolute atomic E-state index is 0.0419. The Bertz CT molecular complexity index is 834. The number of anilines is 3. The summed E-state index contributed by atoms with van der Waals surface area (Å²) in [5.41, 5.74) is 0.977. The van der Waals surface area contributed by atoms with Gasteiger partial charge in [0.25, 0.3) is 0 Å². The molecule has 0 saturated carbocycles. The van der Waals surface area contributed by atoms with Gasteiger partial charge < -0.3 is 15.5 Å². The fourth-order valence-electron chi connectivity index (χ4n) is 3.21. The van der Waals surface area contributed by atoms with E-state index < -0.39 is 4.92 Å². The van der Waals surface area contributed by atoms with Crippen molar-refractivity contribution in [2.45, 2.75) is 26.2 Å². The van der Waals surface area contributed by atoms with E-state index in [0.717, 1.165) is 19.6 Å². The highest BCUT2D eigenvalue weighted by molar-refractivity contribution is 5.94. The number of nitrogens with zero attached hydrogens (tertiary/aromatic N) is 4. The molecule has 0 unspecified atom stereocenters. The van der Waals surface area contributed by atoms with Crippen LogP contribution in [0.2, 0.25) is 0 Å². The van der Waals surface area contributed by atoms with E-state index in [1.54, 1.807) is 24.3 Å². The van der Waals surface area contributed by atoms with Gasteiger partial charge in [-0.05, 0) is 57.1 Å². The van der Waals surface area contributed by atoms with Gasteiger partial charge in [0.2, 0.25) is 11.6 Å².